The lowest BCUT2D eigenvalue weighted by atomic mass is 9.60. The number of carbonyl (C=O) groups is 2. The first-order valence-electron chi connectivity index (χ1n) is 15.6. The Morgan fingerprint density at radius 1 is 1.02 bits per heavy atom. The second-order valence-corrected chi connectivity index (χ2v) is 13.2. The molecule has 0 bridgehead atoms. The van der Waals surface area contributed by atoms with E-state index in [9.17, 15) is 14.9 Å². The molecular weight excluding hydrogens is 580 g/mol. The van der Waals surface area contributed by atoms with E-state index in [0.29, 0.717) is 38.2 Å². The number of methoxy groups -OCH3 is 1. The molecule has 3 aromatic rings. The summed E-state index contributed by atoms with van der Waals surface area (Å²) < 4.78 is 16.9. The molecule has 0 radical (unpaired) electrons. The van der Waals surface area contributed by atoms with E-state index in [4.69, 9.17) is 14.2 Å². The summed E-state index contributed by atoms with van der Waals surface area (Å²) in [5, 5.41) is 9.57. The number of benzene rings is 3. The fourth-order valence-corrected chi connectivity index (χ4v) is 6.66. The van der Waals surface area contributed by atoms with Crippen molar-refractivity contribution in [2.45, 2.75) is 64.6 Å². The fourth-order valence-electron chi connectivity index (χ4n) is 6.66. The number of rotatable bonds is 5. The average Bonchev–Trinajstić information content (AvgIpc) is 3.10. The monoisotopic (exact) mass is 622 g/mol. The first-order chi connectivity index (χ1) is 21.9. The number of hydrogen-bond donors (Lipinski definition) is 0. The molecule has 3 aromatic carbocycles. The van der Waals surface area contributed by atoms with Crippen LogP contribution >= 0.6 is 0 Å². The molecule has 9 heteroatoms. The van der Waals surface area contributed by atoms with E-state index in [1.54, 1.807) is 41.0 Å². The van der Waals surface area contributed by atoms with Crippen molar-refractivity contribution >= 4 is 18.0 Å². The summed E-state index contributed by atoms with van der Waals surface area (Å²) in [7, 11) is 3.30. The summed E-state index contributed by atoms with van der Waals surface area (Å²) in [6, 6.07) is 25.8. The van der Waals surface area contributed by atoms with Crippen molar-refractivity contribution in [3.8, 4) is 22.9 Å². The van der Waals surface area contributed by atoms with Gasteiger partial charge < -0.3 is 19.1 Å². The lowest BCUT2D eigenvalue weighted by Gasteiger charge is -2.55. The lowest BCUT2D eigenvalue weighted by Crippen LogP contribution is -2.59. The molecule has 2 saturated heterocycles. The van der Waals surface area contributed by atoms with Crippen LogP contribution in [-0.2, 0) is 26.4 Å². The van der Waals surface area contributed by atoms with E-state index in [1.165, 1.54) is 4.90 Å². The van der Waals surface area contributed by atoms with Crippen molar-refractivity contribution in [2.75, 3.05) is 27.4 Å². The summed E-state index contributed by atoms with van der Waals surface area (Å²) in [6.07, 6.45) is 0.741. The van der Waals surface area contributed by atoms with Crippen molar-refractivity contribution in [3.63, 3.8) is 0 Å². The van der Waals surface area contributed by atoms with Gasteiger partial charge in [-0.1, -0.05) is 42.5 Å². The highest BCUT2D eigenvalue weighted by Crippen LogP contribution is 2.55. The van der Waals surface area contributed by atoms with Gasteiger partial charge in [-0.15, -0.1) is 4.99 Å². The minimum absolute atomic E-state index is 0.134. The van der Waals surface area contributed by atoms with Crippen molar-refractivity contribution in [1.29, 1.82) is 5.26 Å². The van der Waals surface area contributed by atoms with Crippen LogP contribution in [0.2, 0.25) is 0 Å². The predicted molar refractivity (Wildman–Crippen MR) is 176 cm³/mol. The van der Waals surface area contributed by atoms with Crippen LogP contribution in [0.3, 0.4) is 0 Å². The van der Waals surface area contributed by atoms with Gasteiger partial charge in [0.1, 0.15) is 11.4 Å². The van der Waals surface area contributed by atoms with Gasteiger partial charge in [-0.3, -0.25) is 9.69 Å². The molecule has 5 rings (SSSR count). The maximum atomic E-state index is 14.1. The second-order valence-electron chi connectivity index (χ2n) is 13.2. The Bertz CT molecular complexity index is 1660. The van der Waals surface area contributed by atoms with Gasteiger partial charge in [0.2, 0.25) is 11.9 Å². The quantitative estimate of drug-likeness (QED) is 0.305. The Labute approximate surface area is 271 Å². The van der Waals surface area contributed by atoms with Crippen LogP contribution in [0, 0.1) is 16.7 Å². The van der Waals surface area contributed by atoms with E-state index in [0.717, 1.165) is 28.0 Å². The van der Waals surface area contributed by atoms with E-state index in [1.807, 2.05) is 54.6 Å². The summed E-state index contributed by atoms with van der Waals surface area (Å²) in [6.45, 7) is 8.87. The molecule has 9 nitrogen and oxygen atoms in total. The Balaban J connectivity index is 1.77. The summed E-state index contributed by atoms with van der Waals surface area (Å²) in [5.41, 5.74) is 2.16. The van der Waals surface area contributed by atoms with Crippen LogP contribution in [0.1, 0.15) is 63.6 Å². The normalized spacial score (nSPS) is 20.7. The van der Waals surface area contributed by atoms with Gasteiger partial charge >= 0.3 is 6.09 Å². The van der Waals surface area contributed by atoms with Crippen LogP contribution in [0.15, 0.2) is 77.8 Å². The van der Waals surface area contributed by atoms with Gasteiger partial charge in [0, 0.05) is 38.6 Å². The van der Waals surface area contributed by atoms with Crippen molar-refractivity contribution in [2.24, 2.45) is 10.4 Å². The highest BCUT2D eigenvalue weighted by atomic mass is 16.6. The third-order valence-corrected chi connectivity index (χ3v) is 9.26. The molecule has 1 atom stereocenters. The highest BCUT2D eigenvalue weighted by Gasteiger charge is 2.58. The van der Waals surface area contributed by atoms with Gasteiger partial charge in [-0.2, -0.15) is 5.26 Å². The molecule has 1 unspecified atom stereocenters. The second kappa shape index (κ2) is 13.0. The average molecular weight is 623 g/mol. The van der Waals surface area contributed by atoms with Crippen LogP contribution in [0.4, 0.5) is 4.79 Å². The zero-order valence-corrected chi connectivity index (χ0v) is 27.5. The third-order valence-electron chi connectivity index (χ3n) is 9.26. The molecule has 0 aromatic heterocycles. The predicted octanol–water partition coefficient (Wildman–Crippen LogP) is 6.90. The molecule has 2 aliphatic rings. The maximum absolute atomic E-state index is 14.1. The third kappa shape index (κ3) is 6.49. The van der Waals surface area contributed by atoms with Crippen molar-refractivity contribution in [1.82, 2.24) is 9.80 Å². The smallest absolute Gasteiger partial charge is 0.437 e. The van der Waals surface area contributed by atoms with E-state index < -0.39 is 22.6 Å². The van der Waals surface area contributed by atoms with Gasteiger partial charge in [0.05, 0.1) is 24.3 Å². The zero-order valence-electron chi connectivity index (χ0n) is 27.5. The van der Waals surface area contributed by atoms with E-state index in [-0.39, 0.29) is 18.3 Å². The zero-order chi connectivity index (χ0) is 33.1. The first-order valence-corrected chi connectivity index (χ1v) is 15.6. The lowest BCUT2D eigenvalue weighted by molar-refractivity contribution is -0.133. The topological polar surface area (TPSA) is 104 Å². The molecule has 2 aliphatic heterocycles. The molecule has 240 valence electrons. The van der Waals surface area contributed by atoms with Crippen molar-refractivity contribution < 1.29 is 23.8 Å². The standard InChI is InChI=1S/C37H42N4O5/c1-35(2,3)46-34(43)39-33-40(5)32(42)23-37(17-19-45-20-18-37)36(4,41(33)25-26-13-15-31(44-6)16-14-26)30-12-8-11-29(22-30)28-10-7-9-27(21-28)24-38/h7-16,21-22H,17-20,23,25H2,1-6H3/b39-33+. The van der Waals surface area contributed by atoms with Crippen LogP contribution in [0.5, 0.6) is 5.75 Å². The number of aliphatic imine (C=N–C) groups is 1. The minimum atomic E-state index is -0.846. The molecule has 0 aliphatic carbocycles. The molecule has 0 N–H and O–H groups in total. The number of guanidine groups is 1. The summed E-state index contributed by atoms with van der Waals surface area (Å²) in [5.74, 6) is 0.814. The minimum Gasteiger partial charge on any atom is -0.497 e. The number of carbonyl (C=O) groups excluding carboxylic acids is 2. The molecule has 46 heavy (non-hydrogen) atoms. The van der Waals surface area contributed by atoms with Gasteiger partial charge in [-0.05, 0) is 93.1 Å². The first kappa shape index (κ1) is 32.7. The Kier molecular flexibility index (Phi) is 9.22. The van der Waals surface area contributed by atoms with E-state index in [2.05, 4.69) is 35.0 Å². The molecule has 2 heterocycles. The fraction of sp³-hybridized carbons (Fsp3) is 0.405. The van der Waals surface area contributed by atoms with Gasteiger partial charge in [0.15, 0.2) is 0 Å². The number of amides is 2. The van der Waals surface area contributed by atoms with Crippen LogP contribution in [-0.4, -0.2) is 60.7 Å². The summed E-state index contributed by atoms with van der Waals surface area (Å²) >= 11 is 0. The van der Waals surface area contributed by atoms with Gasteiger partial charge in [-0.25, -0.2) is 4.79 Å². The van der Waals surface area contributed by atoms with Crippen molar-refractivity contribution in [3.05, 3.63) is 89.5 Å². The molecule has 2 fully saturated rings. The number of nitriles is 1. The molecular formula is C37H42N4O5. The Hall–Kier alpha value is -4.68. The SMILES string of the molecule is COc1ccc(CN2/C(=N/C(=O)OC(C)(C)C)N(C)C(=O)CC3(CCOCC3)C2(C)c2cccc(-c3cccc(C#N)c3)c2)cc1. The van der Waals surface area contributed by atoms with E-state index >= 15 is 0 Å². The largest absolute Gasteiger partial charge is 0.497 e. The van der Waals surface area contributed by atoms with Crippen LogP contribution in [0.25, 0.3) is 11.1 Å². The maximum Gasteiger partial charge on any atom is 0.437 e. The van der Waals surface area contributed by atoms with Gasteiger partial charge in [0.25, 0.3) is 0 Å². The highest BCUT2D eigenvalue weighted by molar-refractivity contribution is 6.02. The number of hydrogen-bond acceptors (Lipinski definition) is 6. The molecule has 1 spiro atoms. The number of ether oxygens (including phenoxy) is 3. The Morgan fingerprint density at radius 3 is 2.30 bits per heavy atom. The molecule has 0 saturated carbocycles. The Morgan fingerprint density at radius 2 is 1.67 bits per heavy atom. The number of nitrogens with zero attached hydrogens (tertiary/aromatic N) is 4. The van der Waals surface area contributed by atoms with Crippen LogP contribution < -0.4 is 4.74 Å². The molecule has 2 amide bonds. The summed E-state index contributed by atoms with van der Waals surface area (Å²) in [4.78, 5) is 35.6.